The average molecular weight is 441 g/mol. The highest BCUT2D eigenvalue weighted by atomic mass is 16.5. The van der Waals surface area contributed by atoms with Gasteiger partial charge in [0.1, 0.15) is 17.1 Å². The van der Waals surface area contributed by atoms with Gasteiger partial charge < -0.3 is 14.5 Å². The zero-order chi connectivity index (χ0) is 23.5. The Labute approximate surface area is 190 Å². The molecule has 0 unspecified atom stereocenters. The van der Waals surface area contributed by atoms with Crippen molar-refractivity contribution in [2.24, 2.45) is 0 Å². The van der Waals surface area contributed by atoms with Gasteiger partial charge in [-0.25, -0.2) is 0 Å². The van der Waals surface area contributed by atoms with Gasteiger partial charge in [0.2, 0.25) is 5.43 Å². The van der Waals surface area contributed by atoms with Gasteiger partial charge in [-0.15, -0.1) is 0 Å². The van der Waals surface area contributed by atoms with Gasteiger partial charge in [-0.3, -0.25) is 14.4 Å². The lowest BCUT2D eigenvalue weighted by molar-refractivity contribution is -0.122. The summed E-state index contributed by atoms with van der Waals surface area (Å²) in [6.07, 6.45) is -0.800. The lowest BCUT2D eigenvalue weighted by atomic mass is 10.0. The van der Waals surface area contributed by atoms with Gasteiger partial charge in [0.15, 0.2) is 11.9 Å². The largest absolute Gasteiger partial charge is 0.481 e. The molecule has 0 spiro atoms. The molecule has 0 fully saturated rings. The summed E-state index contributed by atoms with van der Waals surface area (Å²) in [7, 11) is 0. The second-order valence-corrected chi connectivity index (χ2v) is 7.77. The second-order valence-electron chi connectivity index (χ2n) is 7.77. The van der Waals surface area contributed by atoms with Crippen molar-refractivity contribution in [1.29, 1.82) is 0 Å². The third-order valence-corrected chi connectivity index (χ3v) is 5.34. The number of amides is 1. The first-order chi connectivity index (χ1) is 15.8. The standard InChI is InChI=1S/C27H23NO5/c1-16(29)19-9-11-21(12-10-19)28-27(31)18(3)32-22-13-14-23-24(15-22)33-17(2)25(26(23)30)20-7-5-4-6-8-20/h4-15,18H,1-3H3,(H,28,31)/t18-/m0/s1. The summed E-state index contributed by atoms with van der Waals surface area (Å²) in [5.74, 6) is 0.532. The van der Waals surface area contributed by atoms with Crippen LogP contribution >= 0.6 is 0 Å². The summed E-state index contributed by atoms with van der Waals surface area (Å²) in [6, 6.07) is 20.9. The van der Waals surface area contributed by atoms with Crippen molar-refractivity contribution in [2.75, 3.05) is 5.32 Å². The van der Waals surface area contributed by atoms with E-state index in [9.17, 15) is 14.4 Å². The van der Waals surface area contributed by atoms with Crippen LogP contribution in [0, 0.1) is 6.92 Å². The fraction of sp³-hybridized carbons (Fsp3) is 0.148. The molecule has 0 saturated carbocycles. The Bertz CT molecular complexity index is 1390. The average Bonchev–Trinajstić information content (AvgIpc) is 2.80. The molecule has 6 nitrogen and oxygen atoms in total. The number of fused-ring (bicyclic) bond motifs is 1. The van der Waals surface area contributed by atoms with Crippen LogP contribution in [0.4, 0.5) is 5.69 Å². The van der Waals surface area contributed by atoms with Gasteiger partial charge in [-0.1, -0.05) is 30.3 Å². The Balaban J connectivity index is 1.53. The summed E-state index contributed by atoms with van der Waals surface area (Å²) in [5.41, 5.74) is 2.73. The SMILES string of the molecule is CC(=O)c1ccc(NC(=O)[C@H](C)Oc2ccc3c(=O)c(-c4ccccc4)c(C)oc3c2)cc1. The maximum Gasteiger partial charge on any atom is 0.265 e. The van der Waals surface area contributed by atoms with E-state index in [1.54, 1.807) is 56.3 Å². The number of benzene rings is 3. The number of hydrogen-bond acceptors (Lipinski definition) is 5. The molecule has 0 bridgehead atoms. The van der Waals surface area contributed by atoms with Gasteiger partial charge in [0.05, 0.1) is 10.9 Å². The Morgan fingerprint density at radius 2 is 1.67 bits per heavy atom. The van der Waals surface area contributed by atoms with Crippen molar-refractivity contribution in [1.82, 2.24) is 0 Å². The summed E-state index contributed by atoms with van der Waals surface area (Å²) in [5, 5.41) is 3.20. The van der Waals surface area contributed by atoms with Crippen LogP contribution in [0.5, 0.6) is 5.75 Å². The summed E-state index contributed by atoms with van der Waals surface area (Å²) >= 11 is 0. The van der Waals surface area contributed by atoms with Gasteiger partial charge in [0, 0.05) is 17.3 Å². The van der Waals surface area contributed by atoms with Crippen LogP contribution in [0.25, 0.3) is 22.1 Å². The van der Waals surface area contributed by atoms with Crippen molar-refractivity contribution >= 4 is 28.3 Å². The van der Waals surface area contributed by atoms with E-state index in [1.165, 1.54) is 6.92 Å². The van der Waals surface area contributed by atoms with Gasteiger partial charge in [-0.2, -0.15) is 0 Å². The quantitative estimate of drug-likeness (QED) is 0.406. The monoisotopic (exact) mass is 441 g/mol. The van der Waals surface area contributed by atoms with E-state index in [-0.39, 0.29) is 17.1 Å². The zero-order valence-electron chi connectivity index (χ0n) is 18.5. The van der Waals surface area contributed by atoms with Crippen LogP contribution < -0.4 is 15.5 Å². The van der Waals surface area contributed by atoms with Gasteiger partial charge in [-0.05, 0) is 62.7 Å². The molecule has 1 heterocycles. The smallest absolute Gasteiger partial charge is 0.265 e. The third kappa shape index (κ3) is 4.70. The summed E-state index contributed by atoms with van der Waals surface area (Å²) < 4.78 is 11.7. The van der Waals surface area contributed by atoms with Crippen LogP contribution in [0.2, 0.25) is 0 Å². The molecule has 166 valence electrons. The second kappa shape index (κ2) is 9.12. The zero-order valence-corrected chi connectivity index (χ0v) is 18.5. The van der Waals surface area contributed by atoms with Crippen LogP contribution in [0.3, 0.4) is 0 Å². The molecule has 4 aromatic rings. The minimum atomic E-state index is -0.800. The molecule has 3 aromatic carbocycles. The molecular formula is C27H23NO5. The summed E-state index contributed by atoms with van der Waals surface area (Å²) in [6.45, 7) is 4.87. The number of hydrogen-bond donors (Lipinski definition) is 1. The topological polar surface area (TPSA) is 85.6 Å². The van der Waals surface area contributed by atoms with E-state index < -0.39 is 6.10 Å². The minimum absolute atomic E-state index is 0.0429. The molecule has 4 rings (SSSR count). The molecule has 0 aliphatic rings. The first-order valence-corrected chi connectivity index (χ1v) is 10.5. The summed E-state index contributed by atoms with van der Waals surface area (Å²) in [4.78, 5) is 37.0. The van der Waals surface area contributed by atoms with Crippen molar-refractivity contribution in [3.8, 4) is 16.9 Å². The van der Waals surface area contributed by atoms with Crippen molar-refractivity contribution < 1.29 is 18.7 Å². The first-order valence-electron chi connectivity index (χ1n) is 10.5. The molecule has 1 aromatic heterocycles. The lowest BCUT2D eigenvalue weighted by Gasteiger charge is -2.15. The molecule has 0 aliphatic heterocycles. The van der Waals surface area contributed by atoms with Crippen LogP contribution in [0.15, 0.2) is 82.0 Å². The maximum absolute atomic E-state index is 13.1. The van der Waals surface area contributed by atoms with Gasteiger partial charge in [0.25, 0.3) is 5.91 Å². The van der Waals surface area contributed by atoms with E-state index in [1.807, 2.05) is 30.3 Å². The molecule has 1 atom stereocenters. The Hall–Kier alpha value is -4.19. The number of ether oxygens (including phenoxy) is 1. The van der Waals surface area contributed by atoms with Crippen molar-refractivity contribution in [3.63, 3.8) is 0 Å². The van der Waals surface area contributed by atoms with E-state index in [2.05, 4.69) is 5.32 Å². The molecule has 6 heteroatoms. The Morgan fingerprint density at radius 3 is 2.33 bits per heavy atom. The number of ketones is 1. The normalized spacial score (nSPS) is 11.7. The van der Waals surface area contributed by atoms with Crippen LogP contribution in [-0.2, 0) is 4.79 Å². The van der Waals surface area contributed by atoms with E-state index >= 15 is 0 Å². The van der Waals surface area contributed by atoms with Crippen LogP contribution in [0.1, 0.15) is 30.0 Å². The molecule has 0 saturated heterocycles. The van der Waals surface area contributed by atoms with Crippen molar-refractivity contribution in [3.05, 3.63) is 94.3 Å². The predicted octanol–water partition coefficient (Wildman–Crippen LogP) is 5.38. The number of rotatable bonds is 6. The highest BCUT2D eigenvalue weighted by Crippen LogP contribution is 2.26. The number of anilines is 1. The predicted molar refractivity (Wildman–Crippen MR) is 128 cm³/mol. The maximum atomic E-state index is 13.1. The van der Waals surface area contributed by atoms with E-state index in [0.29, 0.717) is 39.3 Å². The number of aryl methyl sites for hydroxylation is 1. The van der Waals surface area contributed by atoms with E-state index in [4.69, 9.17) is 9.15 Å². The number of carbonyl (C=O) groups is 2. The fourth-order valence-electron chi connectivity index (χ4n) is 3.59. The number of Topliss-reactive ketones (excluding diaryl/α,β-unsaturated/α-hetero) is 1. The van der Waals surface area contributed by atoms with Gasteiger partial charge >= 0.3 is 0 Å². The third-order valence-electron chi connectivity index (χ3n) is 5.34. The van der Waals surface area contributed by atoms with E-state index in [0.717, 1.165) is 5.56 Å². The highest BCUT2D eigenvalue weighted by molar-refractivity contribution is 5.96. The lowest BCUT2D eigenvalue weighted by Crippen LogP contribution is -2.30. The highest BCUT2D eigenvalue weighted by Gasteiger charge is 2.17. The molecule has 33 heavy (non-hydrogen) atoms. The molecule has 1 N–H and O–H groups in total. The fourth-order valence-corrected chi connectivity index (χ4v) is 3.59. The van der Waals surface area contributed by atoms with Crippen molar-refractivity contribution in [2.45, 2.75) is 26.9 Å². The first kappa shape index (κ1) is 22.0. The minimum Gasteiger partial charge on any atom is -0.481 e. The van der Waals surface area contributed by atoms with Crippen LogP contribution in [-0.4, -0.2) is 17.8 Å². The number of carbonyl (C=O) groups excluding carboxylic acids is 2. The number of nitrogens with one attached hydrogen (secondary N) is 1. The molecule has 0 aliphatic carbocycles. The molecule has 0 radical (unpaired) electrons. The Kier molecular flexibility index (Phi) is 6.09. The molecular weight excluding hydrogens is 418 g/mol. The molecule has 1 amide bonds. The Morgan fingerprint density at radius 1 is 0.970 bits per heavy atom.